The lowest BCUT2D eigenvalue weighted by Gasteiger charge is -2.23. The molecule has 0 radical (unpaired) electrons. The van der Waals surface area contributed by atoms with Gasteiger partial charge >= 0.3 is 6.01 Å². The number of aromatic nitrogens is 2. The Morgan fingerprint density at radius 2 is 2.24 bits per heavy atom. The molecule has 1 rings (SSSR count). The van der Waals surface area contributed by atoms with E-state index in [4.69, 9.17) is 27.9 Å². The van der Waals surface area contributed by atoms with Crippen LogP contribution in [0, 0.1) is 0 Å². The van der Waals surface area contributed by atoms with Crippen molar-refractivity contribution < 1.29 is 13.5 Å². The summed E-state index contributed by atoms with van der Waals surface area (Å²) in [6, 6.07) is 0.0678. The highest BCUT2D eigenvalue weighted by atomic mass is 35.5. The Hall–Kier alpha value is -0.880. The van der Waals surface area contributed by atoms with E-state index in [1.54, 1.807) is 0 Å². The summed E-state index contributed by atoms with van der Waals surface area (Å²) < 4.78 is 29.6. The molecule has 0 spiro atoms. The quantitative estimate of drug-likeness (QED) is 0.753. The molecule has 0 fully saturated rings. The third-order valence-corrected chi connectivity index (χ3v) is 2.33. The van der Waals surface area contributed by atoms with E-state index in [0.29, 0.717) is 0 Å². The molecule has 0 aliphatic carbocycles. The predicted molar refractivity (Wildman–Crippen MR) is 62.5 cm³/mol. The Morgan fingerprint density at radius 1 is 1.53 bits per heavy atom. The number of hydrogen-bond donors (Lipinski definition) is 0. The monoisotopic (exact) mass is 285 g/mol. The van der Waals surface area contributed by atoms with Gasteiger partial charge in [0.25, 0.3) is 6.43 Å². The van der Waals surface area contributed by atoms with Gasteiger partial charge in [-0.05, 0) is 0 Å². The van der Waals surface area contributed by atoms with Crippen LogP contribution in [-0.2, 0) is 0 Å². The molecule has 0 bridgehead atoms. The second-order valence-electron chi connectivity index (χ2n) is 3.05. The van der Waals surface area contributed by atoms with Crippen LogP contribution in [0.2, 0.25) is 5.02 Å². The summed E-state index contributed by atoms with van der Waals surface area (Å²) in [5.41, 5.74) is 0. The van der Waals surface area contributed by atoms with Gasteiger partial charge in [-0.15, -0.1) is 11.6 Å². The first-order valence-corrected chi connectivity index (χ1v) is 5.65. The van der Waals surface area contributed by atoms with Gasteiger partial charge in [-0.1, -0.05) is 11.6 Å². The lowest BCUT2D eigenvalue weighted by Crippen LogP contribution is -2.31. The normalized spacial score (nSPS) is 10.7. The first-order chi connectivity index (χ1) is 8.08. The summed E-state index contributed by atoms with van der Waals surface area (Å²) in [5.74, 6) is 0.384. The van der Waals surface area contributed by atoms with Gasteiger partial charge in [0.05, 0.1) is 19.9 Å². The van der Waals surface area contributed by atoms with Crippen LogP contribution < -0.4 is 9.64 Å². The van der Waals surface area contributed by atoms with Crippen molar-refractivity contribution in [3.05, 3.63) is 11.2 Å². The molecule has 17 heavy (non-hydrogen) atoms. The summed E-state index contributed by atoms with van der Waals surface area (Å²) in [6.07, 6.45) is -1.20. The van der Waals surface area contributed by atoms with Gasteiger partial charge in [-0.3, -0.25) is 0 Å². The molecule has 96 valence electrons. The SMILES string of the molecule is COc1ncc(Cl)c(N(CCCl)CC(F)F)n1. The van der Waals surface area contributed by atoms with Crippen LogP contribution in [0.15, 0.2) is 6.20 Å². The third kappa shape index (κ3) is 4.12. The van der Waals surface area contributed by atoms with E-state index in [9.17, 15) is 8.78 Å². The fourth-order valence-electron chi connectivity index (χ4n) is 1.21. The maximum Gasteiger partial charge on any atom is 0.318 e. The molecule has 1 aromatic heterocycles. The van der Waals surface area contributed by atoms with Crippen molar-refractivity contribution in [3.63, 3.8) is 0 Å². The molecule has 0 unspecified atom stereocenters. The largest absolute Gasteiger partial charge is 0.467 e. The van der Waals surface area contributed by atoms with Crippen molar-refractivity contribution in [2.75, 3.05) is 31.0 Å². The molecule has 0 aliphatic rings. The second-order valence-corrected chi connectivity index (χ2v) is 3.84. The molecule has 0 atom stereocenters. The third-order valence-electron chi connectivity index (χ3n) is 1.90. The van der Waals surface area contributed by atoms with Gasteiger partial charge in [0.15, 0.2) is 5.82 Å². The van der Waals surface area contributed by atoms with Gasteiger partial charge < -0.3 is 9.64 Å². The Kier molecular flexibility index (Phi) is 5.64. The highest BCUT2D eigenvalue weighted by molar-refractivity contribution is 6.32. The zero-order valence-corrected chi connectivity index (χ0v) is 10.5. The molecular weight excluding hydrogens is 275 g/mol. The summed E-state index contributed by atoms with van der Waals surface area (Å²) >= 11 is 11.4. The van der Waals surface area contributed by atoms with Crippen LogP contribution in [-0.4, -0.2) is 42.5 Å². The van der Waals surface area contributed by atoms with E-state index in [-0.39, 0.29) is 29.3 Å². The summed E-state index contributed by atoms with van der Waals surface area (Å²) in [4.78, 5) is 8.99. The minimum atomic E-state index is -2.50. The van der Waals surface area contributed by atoms with Crippen molar-refractivity contribution in [1.29, 1.82) is 0 Å². The van der Waals surface area contributed by atoms with Gasteiger partial charge in [0.1, 0.15) is 5.02 Å². The topological polar surface area (TPSA) is 38.2 Å². The van der Waals surface area contributed by atoms with Gasteiger partial charge in [-0.25, -0.2) is 13.8 Å². The van der Waals surface area contributed by atoms with Crippen LogP contribution in [0.3, 0.4) is 0 Å². The molecule has 1 heterocycles. The first kappa shape index (κ1) is 14.2. The Bertz CT molecular complexity index is 368. The maximum atomic E-state index is 12.4. The van der Waals surface area contributed by atoms with Crippen molar-refractivity contribution >= 4 is 29.0 Å². The molecule has 4 nitrogen and oxygen atoms in total. The lowest BCUT2D eigenvalue weighted by molar-refractivity contribution is 0.155. The van der Waals surface area contributed by atoms with Gasteiger partial charge in [-0.2, -0.15) is 4.98 Å². The number of rotatable bonds is 6. The van der Waals surface area contributed by atoms with Crippen LogP contribution in [0.25, 0.3) is 0 Å². The average molecular weight is 286 g/mol. The van der Waals surface area contributed by atoms with E-state index in [1.165, 1.54) is 18.2 Å². The van der Waals surface area contributed by atoms with Gasteiger partial charge in [0, 0.05) is 12.4 Å². The van der Waals surface area contributed by atoms with E-state index >= 15 is 0 Å². The number of methoxy groups -OCH3 is 1. The minimum Gasteiger partial charge on any atom is -0.467 e. The average Bonchev–Trinajstić information content (AvgIpc) is 2.28. The van der Waals surface area contributed by atoms with Crippen LogP contribution in [0.5, 0.6) is 6.01 Å². The van der Waals surface area contributed by atoms with Crippen molar-refractivity contribution in [2.45, 2.75) is 6.43 Å². The van der Waals surface area contributed by atoms with Crippen LogP contribution in [0.1, 0.15) is 0 Å². The Balaban J connectivity index is 2.98. The molecular formula is C9H11Cl2F2N3O. The Morgan fingerprint density at radius 3 is 2.76 bits per heavy atom. The predicted octanol–water partition coefficient (Wildman–Crippen LogP) is 2.45. The number of nitrogens with zero attached hydrogens (tertiary/aromatic N) is 3. The highest BCUT2D eigenvalue weighted by Crippen LogP contribution is 2.24. The van der Waals surface area contributed by atoms with Crippen LogP contribution >= 0.6 is 23.2 Å². The summed E-state index contributed by atoms with van der Waals surface area (Å²) in [5, 5.41) is 0.177. The first-order valence-electron chi connectivity index (χ1n) is 4.74. The number of hydrogen-bond acceptors (Lipinski definition) is 4. The molecule has 8 heteroatoms. The molecule has 0 aliphatic heterocycles. The standard InChI is InChI=1S/C9H11Cl2F2N3O/c1-17-9-14-4-6(11)8(15-9)16(3-2-10)5-7(12)13/h4,7H,2-3,5H2,1H3. The Labute approximate surface area is 108 Å². The van der Waals surface area contributed by atoms with Crippen molar-refractivity contribution in [1.82, 2.24) is 9.97 Å². The minimum absolute atomic E-state index is 0.0678. The zero-order chi connectivity index (χ0) is 12.8. The van der Waals surface area contributed by atoms with Crippen LogP contribution in [0.4, 0.5) is 14.6 Å². The molecule has 0 N–H and O–H groups in total. The molecule has 1 aromatic rings. The van der Waals surface area contributed by atoms with Gasteiger partial charge in [0.2, 0.25) is 0 Å². The van der Waals surface area contributed by atoms with E-state index < -0.39 is 13.0 Å². The lowest BCUT2D eigenvalue weighted by atomic mass is 10.4. The van der Waals surface area contributed by atoms with Crippen molar-refractivity contribution in [3.8, 4) is 6.01 Å². The molecule has 0 aromatic carbocycles. The number of halogens is 4. The highest BCUT2D eigenvalue weighted by Gasteiger charge is 2.17. The van der Waals surface area contributed by atoms with Crippen molar-refractivity contribution in [2.24, 2.45) is 0 Å². The summed E-state index contributed by atoms with van der Waals surface area (Å²) in [7, 11) is 1.38. The summed E-state index contributed by atoms with van der Waals surface area (Å²) in [6.45, 7) is -0.279. The fraction of sp³-hybridized carbons (Fsp3) is 0.556. The van der Waals surface area contributed by atoms with E-state index in [1.807, 2.05) is 0 Å². The van der Waals surface area contributed by atoms with E-state index in [0.717, 1.165) is 0 Å². The zero-order valence-electron chi connectivity index (χ0n) is 9.04. The molecule has 0 amide bonds. The molecule has 0 saturated carbocycles. The number of alkyl halides is 3. The number of anilines is 1. The smallest absolute Gasteiger partial charge is 0.318 e. The van der Waals surface area contributed by atoms with E-state index in [2.05, 4.69) is 9.97 Å². The fourth-order valence-corrected chi connectivity index (χ4v) is 1.63. The number of ether oxygens (including phenoxy) is 1. The second kappa shape index (κ2) is 6.76. The maximum absolute atomic E-state index is 12.4. The molecule has 0 saturated heterocycles.